The van der Waals surface area contributed by atoms with E-state index in [-0.39, 0.29) is 17.2 Å². The van der Waals surface area contributed by atoms with Gasteiger partial charge in [-0.2, -0.15) is 0 Å². The van der Waals surface area contributed by atoms with Gasteiger partial charge in [-0.1, -0.05) is 35.5 Å². The molecule has 1 aromatic heterocycles. The fraction of sp³-hybridized carbons (Fsp3) is 0.174. The maximum absolute atomic E-state index is 13.0. The summed E-state index contributed by atoms with van der Waals surface area (Å²) in [4.78, 5) is 27.2. The number of aliphatic hydroxyl groups excluding tert-OH is 1. The number of amides is 1. The first-order chi connectivity index (χ1) is 14.4. The van der Waals surface area contributed by atoms with Gasteiger partial charge >= 0.3 is 5.91 Å². The quantitative estimate of drug-likeness (QED) is 0.402. The van der Waals surface area contributed by atoms with Crippen molar-refractivity contribution in [3.05, 3.63) is 82.6 Å². The van der Waals surface area contributed by atoms with E-state index in [0.717, 1.165) is 5.56 Å². The summed E-state index contributed by atoms with van der Waals surface area (Å²) in [5, 5.41) is 15.0. The molecule has 0 aliphatic carbocycles. The molecule has 1 N–H and O–H groups in total. The fourth-order valence-corrected chi connectivity index (χ4v) is 3.67. The normalized spacial score (nSPS) is 18.1. The lowest BCUT2D eigenvalue weighted by atomic mass is 9.95. The van der Waals surface area contributed by atoms with E-state index < -0.39 is 17.7 Å². The molecular formula is C23H20N2O5. The second-order valence-corrected chi connectivity index (χ2v) is 7.06. The Hall–Kier alpha value is -3.87. The van der Waals surface area contributed by atoms with Gasteiger partial charge in [0.25, 0.3) is 5.78 Å². The number of aliphatic hydroxyl groups is 1. The van der Waals surface area contributed by atoms with Crippen LogP contribution in [0.25, 0.3) is 5.76 Å². The van der Waals surface area contributed by atoms with Gasteiger partial charge in [0.1, 0.15) is 17.3 Å². The molecule has 0 spiro atoms. The van der Waals surface area contributed by atoms with E-state index in [2.05, 4.69) is 5.16 Å². The molecule has 2 aromatic carbocycles. The summed E-state index contributed by atoms with van der Waals surface area (Å²) in [6, 6.07) is 14.9. The highest BCUT2D eigenvalue weighted by Crippen LogP contribution is 2.42. The lowest BCUT2D eigenvalue weighted by Crippen LogP contribution is -2.29. The van der Waals surface area contributed by atoms with Crippen LogP contribution in [0.3, 0.4) is 0 Å². The number of benzene rings is 2. The molecule has 7 heteroatoms. The lowest BCUT2D eigenvalue weighted by molar-refractivity contribution is -0.132. The van der Waals surface area contributed by atoms with Crippen molar-refractivity contribution in [1.29, 1.82) is 0 Å². The van der Waals surface area contributed by atoms with Gasteiger partial charge in [0.2, 0.25) is 0 Å². The molecular weight excluding hydrogens is 384 g/mol. The third-order valence-corrected chi connectivity index (χ3v) is 5.09. The van der Waals surface area contributed by atoms with E-state index in [4.69, 9.17) is 9.26 Å². The third-order valence-electron chi connectivity index (χ3n) is 5.09. The number of hydrogen-bond acceptors (Lipinski definition) is 6. The molecule has 0 radical (unpaired) electrons. The number of methoxy groups -OCH3 is 1. The Morgan fingerprint density at radius 2 is 1.83 bits per heavy atom. The van der Waals surface area contributed by atoms with E-state index in [0.29, 0.717) is 22.6 Å². The van der Waals surface area contributed by atoms with E-state index in [9.17, 15) is 14.7 Å². The van der Waals surface area contributed by atoms with Gasteiger partial charge in [0, 0.05) is 11.6 Å². The summed E-state index contributed by atoms with van der Waals surface area (Å²) in [7, 11) is 1.56. The Kier molecular flexibility index (Phi) is 4.87. The number of aryl methyl sites for hydroxylation is 2. The van der Waals surface area contributed by atoms with Crippen LogP contribution in [-0.4, -0.2) is 29.1 Å². The van der Waals surface area contributed by atoms with E-state index in [1.54, 1.807) is 62.6 Å². The minimum atomic E-state index is -0.835. The van der Waals surface area contributed by atoms with Gasteiger partial charge in [-0.3, -0.25) is 14.5 Å². The molecule has 0 bridgehead atoms. The largest absolute Gasteiger partial charge is 0.507 e. The smallest absolute Gasteiger partial charge is 0.301 e. The van der Waals surface area contributed by atoms with Crippen molar-refractivity contribution in [2.75, 3.05) is 12.0 Å². The summed E-state index contributed by atoms with van der Waals surface area (Å²) in [6.07, 6.45) is 0. The van der Waals surface area contributed by atoms with Crippen LogP contribution < -0.4 is 9.64 Å². The van der Waals surface area contributed by atoms with Crippen molar-refractivity contribution in [2.24, 2.45) is 0 Å². The topological polar surface area (TPSA) is 92.9 Å². The number of ketones is 1. The first-order valence-electron chi connectivity index (χ1n) is 9.36. The number of aromatic nitrogens is 1. The van der Waals surface area contributed by atoms with Crippen molar-refractivity contribution in [1.82, 2.24) is 5.16 Å². The van der Waals surface area contributed by atoms with Crippen LogP contribution in [0.15, 0.2) is 64.7 Å². The Morgan fingerprint density at radius 3 is 2.43 bits per heavy atom. The number of carbonyl (C=O) groups excluding carboxylic acids is 2. The number of hydrogen-bond donors (Lipinski definition) is 1. The molecule has 152 valence electrons. The first kappa shape index (κ1) is 19.4. The average molecular weight is 404 g/mol. The van der Waals surface area contributed by atoms with Crippen LogP contribution in [0, 0.1) is 13.8 Å². The van der Waals surface area contributed by atoms with Crippen LogP contribution in [-0.2, 0) is 9.59 Å². The molecule has 1 aliphatic rings. The van der Waals surface area contributed by atoms with Gasteiger partial charge in [-0.25, -0.2) is 0 Å². The summed E-state index contributed by atoms with van der Waals surface area (Å²) in [5.41, 5.74) is 1.88. The Bertz CT molecular complexity index is 1160. The zero-order chi connectivity index (χ0) is 21.4. The highest BCUT2D eigenvalue weighted by Gasteiger charge is 2.48. The summed E-state index contributed by atoms with van der Waals surface area (Å²) < 4.78 is 10.4. The number of rotatable bonds is 4. The van der Waals surface area contributed by atoms with Crippen LogP contribution in [0.5, 0.6) is 5.75 Å². The zero-order valence-corrected chi connectivity index (χ0v) is 16.7. The predicted octanol–water partition coefficient (Wildman–Crippen LogP) is 3.93. The number of anilines is 1. The Labute approximate surface area is 173 Å². The van der Waals surface area contributed by atoms with Gasteiger partial charge in [0.05, 0.1) is 18.7 Å². The number of Topliss-reactive ketones (excluding diaryl/α,β-unsaturated/α-hetero) is 1. The Balaban J connectivity index is 1.92. The second kappa shape index (κ2) is 7.51. The van der Waals surface area contributed by atoms with Crippen LogP contribution in [0.1, 0.15) is 28.5 Å². The Morgan fingerprint density at radius 1 is 1.10 bits per heavy atom. The molecule has 0 unspecified atom stereocenters. The SMILES string of the molecule is COc1ccc(/C(O)=C2\C(=O)C(=O)N(c3cc(C)on3)[C@H]2c2ccccc2)cc1C. The van der Waals surface area contributed by atoms with E-state index in [1.807, 2.05) is 13.0 Å². The van der Waals surface area contributed by atoms with E-state index >= 15 is 0 Å². The molecule has 1 amide bonds. The summed E-state index contributed by atoms with van der Waals surface area (Å²) in [5.74, 6) is -0.433. The molecule has 4 rings (SSSR count). The number of nitrogens with zero attached hydrogens (tertiary/aromatic N) is 2. The zero-order valence-electron chi connectivity index (χ0n) is 16.7. The van der Waals surface area contributed by atoms with Crippen molar-refractivity contribution in [3.8, 4) is 5.75 Å². The first-order valence-corrected chi connectivity index (χ1v) is 9.36. The van der Waals surface area contributed by atoms with Gasteiger partial charge < -0.3 is 14.4 Å². The molecule has 7 nitrogen and oxygen atoms in total. The average Bonchev–Trinajstić information content (AvgIpc) is 3.29. The molecule has 30 heavy (non-hydrogen) atoms. The third kappa shape index (κ3) is 3.14. The predicted molar refractivity (Wildman–Crippen MR) is 110 cm³/mol. The maximum atomic E-state index is 13.0. The van der Waals surface area contributed by atoms with Crippen LogP contribution in [0.4, 0.5) is 5.82 Å². The molecule has 0 saturated carbocycles. The van der Waals surface area contributed by atoms with Crippen molar-refractivity contribution in [2.45, 2.75) is 19.9 Å². The molecule has 3 aromatic rings. The van der Waals surface area contributed by atoms with Gasteiger partial charge in [0.15, 0.2) is 5.82 Å². The highest BCUT2D eigenvalue weighted by molar-refractivity contribution is 6.51. The molecule has 1 fully saturated rings. The lowest BCUT2D eigenvalue weighted by Gasteiger charge is -2.22. The number of carbonyl (C=O) groups is 2. The number of ether oxygens (including phenoxy) is 1. The minimum Gasteiger partial charge on any atom is -0.507 e. The molecule has 1 aliphatic heterocycles. The van der Waals surface area contributed by atoms with Crippen molar-refractivity contribution >= 4 is 23.3 Å². The highest BCUT2D eigenvalue weighted by atomic mass is 16.5. The second-order valence-electron chi connectivity index (χ2n) is 7.06. The fourth-order valence-electron chi connectivity index (χ4n) is 3.67. The molecule has 1 saturated heterocycles. The van der Waals surface area contributed by atoms with Crippen molar-refractivity contribution < 1.29 is 24.0 Å². The standard InChI is InChI=1S/C23H20N2O5/c1-13-11-16(9-10-17(13)29-3)21(26)19-20(15-7-5-4-6-8-15)25(23(28)22(19)27)18-12-14(2)30-24-18/h4-12,20,26H,1-3H3/b21-19+/t20-/m0/s1. The maximum Gasteiger partial charge on any atom is 0.301 e. The van der Waals surface area contributed by atoms with Crippen molar-refractivity contribution in [3.63, 3.8) is 0 Å². The molecule has 2 heterocycles. The summed E-state index contributed by atoms with van der Waals surface area (Å²) in [6.45, 7) is 3.53. The van der Waals surface area contributed by atoms with Gasteiger partial charge in [-0.05, 0) is 43.2 Å². The monoisotopic (exact) mass is 404 g/mol. The van der Waals surface area contributed by atoms with Crippen LogP contribution in [0.2, 0.25) is 0 Å². The minimum absolute atomic E-state index is 0.00331. The molecule has 1 atom stereocenters. The van der Waals surface area contributed by atoms with Crippen LogP contribution >= 0.6 is 0 Å². The van der Waals surface area contributed by atoms with Gasteiger partial charge in [-0.15, -0.1) is 0 Å². The van der Waals surface area contributed by atoms with E-state index in [1.165, 1.54) is 4.90 Å². The summed E-state index contributed by atoms with van der Waals surface area (Å²) >= 11 is 0.